The molecule has 1 N–H and O–H groups in total. The molecule has 0 bridgehead atoms. The van der Waals surface area contributed by atoms with Crippen LogP contribution in [0, 0.1) is 6.92 Å². The van der Waals surface area contributed by atoms with Crippen LogP contribution in [-0.2, 0) is 19.6 Å². The van der Waals surface area contributed by atoms with Crippen molar-refractivity contribution < 1.29 is 0 Å². The molecule has 2 nitrogen and oxygen atoms in total. The van der Waals surface area contributed by atoms with Gasteiger partial charge in [-0.05, 0) is 42.5 Å². The molecule has 1 saturated carbocycles. The number of hydrogen-bond donors (Lipinski definition) is 1. The van der Waals surface area contributed by atoms with Crippen LogP contribution in [-0.4, -0.2) is 6.04 Å². The highest BCUT2D eigenvalue weighted by Gasteiger charge is 2.23. The van der Waals surface area contributed by atoms with E-state index in [1.807, 2.05) is 0 Å². The second-order valence-electron chi connectivity index (χ2n) is 6.41. The Morgan fingerprint density at radius 2 is 1.76 bits per heavy atom. The van der Waals surface area contributed by atoms with Gasteiger partial charge in [-0.3, -0.25) is 0 Å². The summed E-state index contributed by atoms with van der Waals surface area (Å²) in [5, 5.41) is 3.66. The molecular weight excluding hydrogens is 256 g/mol. The van der Waals surface area contributed by atoms with Crippen molar-refractivity contribution in [3.05, 3.63) is 64.7 Å². The van der Waals surface area contributed by atoms with Crippen LogP contribution in [0.4, 0.5) is 5.69 Å². The van der Waals surface area contributed by atoms with Gasteiger partial charge in [0.2, 0.25) is 0 Å². The summed E-state index contributed by atoms with van der Waals surface area (Å²) in [6, 6.07) is 16.4. The number of anilines is 1. The van der Waals surface area contributed by atoms with Gasteiger partial charge in [0.25, 0.3) is 0 Å². The zero-order chi connectivity index (χ0) is 14.2. The number of fused-ring (bicyclic) bond motifs is 1. The normalized spacial score (nSPS) is 17.1. The maximum atomic E-state index is 3.66. The Hall–Kier alpha value is -1.80. The average Bonchev–Trinajstić information content (AvgIpc) is 3.22. The molecule has 0 radical (unpaired) electrons. The lowest BCUT2D eigenvalue weighted by atomic mass is 10.1. The van der Waals surface area contributed by atoms with Crippen molar-refractivity contribution in [2.24, 2.45) is 0 Å². The molecule has 1 heterocycles. The first kappa shape index (κ1) is 12.9. The van der Waals surface area contributed by atoms with Gasteiger partial charge in [-0.25, -0.2) is 0 Å². The third kappa shape index (κ3) is 2.68. The zero-order valence-electron chi connectivity index (χ0n) is 12.6. The third-order valence-electron chi connectivity index (χ3n) is 4.58. The molecule has 0 atom stereocenters. The summed E-state index contributed by atoms with van der Waals surface area (Å²) in [5.74, 6) is 0. The van der Waals surface area contributed by atoms with Crippen LogP contribution in [0.25, 0.3) is 0 Å². The number of nitrogens with one attached hydrogen (secondary N) is 1. The average molecular weight is 278 g/mol. The van der Waals surface area contributed by atoms with Crippen LogP contribution in [0.5, 0.6) is 0 Å². The lowest BCUT2D eigenvalue weighted by Crippen LogP contribution is -2.21. The van der Waals surface area contributed by atoms with E-state index in [0.717, 1.165) is 25.7 Å². The maximum Gasteiger partial charge on any atom is 0.0436 e. The molecule has 1 aliphatic carbocycles. The van der Waals surface area contributed by atoms with Gasteiger partial charge in [-0.2, -0.15) is 0 Å². The second-order valence-corrected chi connectivity index (χ2v) is 6.41. The lowest BCUT2D eigenvalue weighted by molar-refractivity contribution is 0.684. The van der Waals surface area contributed by atoms with E-state index in [2.05, 4.69) is 59.6 Å². The van der Waals surface area contributed by atoms with Crippen molar-refractivity contribution in [2.75, 3.05) is 4.90 Å². The first-order valence-electron chi connectivity index (χ1n) is 7.94. The topological polar surface area (TPSA) is 15.3 Å². The van der Waals surface area contributed by atoms with Crippen LogP contribution in [0.3, 0.4) is 0 Å². The summed E-state index contributed by atoms with van der Waals surface area (Å²) in [7, 11) is 0. The van der Waals surface area contributed by atoms with Crippen molar-refractivity contribution in [1.29, 1.82) is 0 Å². The van der Waals surface area contributed by atoms with Crippen LogP contribution < -0.4 is 10.2 Å². The summed E-state index contributed by atoms with van der Waals surface area (Å²) in [6.07, 6.45) is 2.69. The fourth-order valence-corrected chi connectivity index (χ4v) is 3.21. The van der Waals surface area contributed by atoms with Gasteiger partial charge in [0.05, 0.1) is 0 Å². The summed E-state index contributed by atoms with van der Waals surface area (Å²) in [4.78, 5) is 2.51. The van der Waals surface area contributed by atoms with Gasteiger partial charge in [0.15, 0.2) is 0 Å². The quantitative estimate of drug-likeness (QED) is 0.916. The smallest absolute Gasteiger partial charge is 0.0436 e. The minimum atomic E-state index is 0.758. The maximum absolute atomic E-state index is 3.66. The molecule has 0 unspecified atom stereocenters. The Morgan fingerprint density at radius 3 is 2.43 bits per heavy atom. The Bertz CT molecular complexity index is 633. The molecule has 2 aromatic rings. The number of nitrogens with zero attached hydrogens (tertiary/aromatic N) is 1. The van der Waals surface area contributed by atoms with Crippen molar-refractivity contribution in [1.82, 2.24) is 5.32 Å². The predicted molar refractivity (Wildman–Crippen MR) is 87.4 cm³/mol. The first-order valence-corrected chi connectivity index (χ1v) is 7.94. The Kier molecular flexibility index (Phi) is 3.19. The molecule has 4 rings (SSSR count). The van der Waals surface area contributed by atoms with E-state index in [-0.39, 0.29) is 0 Å². The van der Waals surface area contributed by atoms with Gasteiger partial charge in [-0.1, -0.05) is 42.0 Å². The molecule has 2 heteroatoms. The molecule has 2 aliphatic rings. The number of aryl methyl sites for hydroxylation is 1. The van der Waals surface area contributed by atoms with Gasteiger partial charge < -0.3 is 10.2 Å². The number of rotatable bonds is 4. The predicted octanol–water partition coefficient (Wildman–Crippen LogP) is 3.77. The van der Waals surface area contributed by atoms with Gasteiger partial charge >= 0.3 is 0 Å². The van der Waals surface area contributed by atoms with E-state index in [4.69, 9.17) is 0 Å². The molecule has 1 fully saturated rings. The monoisotopic (exact) mass is 278 g/mol. The molecule has 0 saturated heterocycles. The Labute approximate surface area is 126 Å². The molecule has 108 valence electrons. The number of benzene rings is 2. The van der Waals surface area contributed by atoms with E-state index in [1.165, 1.54) is 40.8 Å². The largest absolute Gasteiger partial charge is 0.363 e. The van der Waals surface area contributed by atoms with E-state index < -0.39 is 0 Å². The summed E-state index contributed by atoms with van der Waals surface area (Å²) in [5.41, 5.74) is 7.13. The van der Waals surface area contributed by atoms with Crippen LogP contribution in [0.15, 0.2) is 42.5 Å². The Balaban J connectivity index is 1.59. The molecule has 2 aromatic carbocycles. The zero-order valence-corrected chi connectivity index (χ0v) is 12.6. The van der Waals surface area contributed by atoms with Crippen LogP contribution in [0.1, 0.15) is 35.1 Å². The summed E-state index contributed by atoms with van der Waals surface area (Å²) >= 11 is 0. The van der Waals surface area contributed by atoms with Gasteiger partial charge in [-0.15, -0.1) is 0 Å². The fourth-order valence-electron chi connectivity index (χ4n) is 3.21. The molecule has 21 heavy (non-hydrogen) atoms. The lowest BCUT2D eigenvalue weighted by Gasteiger charge is -2.22. The minimum Gasteiger partial charge on any atom is -0.363 e. The highest BCUT2D eigenvalue weighted by atomic mass is 15.1. The number of hydrogen-bond acceptors (Lipinski definition) is 2. The minimum absolute atomic E-state index is 0.758. The van der Waals surface area contributed by atoms with Crippen LogP contribution >= 0.6 is 0 Å². The Morgan fingerprint density at radius 1 is 1.05 bits per heavy atom. The van der Waals surface area contributed by atoms with Gasteiger partial charge in [0, 0.05) is 31.4 Å². The van der Waals surface area contributed by atoms with Crippen molar-refractivity contribution in [2.45, 2.75) is 45.4 Å². The SMILES string of the molecule is Cc1ccc(N2Cc3ccccc3C2)c(CNC2CC2)c1. The molecular formula is C19H22N2. The summed E-state index contributed by atoms with van der Waals surface area (Å²) in [6.45, 7) is 5.25. The molecule has 0 amide bonds. The highest BCUT2D eigenvalue weighted by molar-refractivity contribution is 5.58. The third-order valence-corrected chi connectivity index (χ3v) is 4.58. The summed E-state index contributed by atoms with van der Waals surface area (Å²) < 4.78 is 0. The van der Waals surface area contributed by atoms with Gasteiger partial charge in [0.1, 0.15) is 0 Å². The van der Waals surface area contributed by atoms with E-state index in [0.29, 0.717) is 0 Å². The molecule has 0 spiro atoms. The standard InChI is InChI=1S/C19H22N2/c1-14-6-9-19(17(10-14)11-20-18-7-8-18)21-12-15-4-2-3-5-16(15)13-21/h2-6,9-10,18,20H,7-8,11-13H2,1H3. The fraction of sp³-hybridized carbons (Fsp3) is 0.368. The highest BCUT2D eigenvalue weighted by Crippen LogP contribution is 2.31. The second kappa shape index (κ2) is 5.19. The van der Waals surface area contributed by atoms with Crippen molar-refractivity contribution in [3.8, 4) is 0 Å². The molecule has 1 aliphatic heterocycles. The van der Waals surface area contributed by atoms with E-state index in [1.54, 1.807) is 0 Å². The van der Waals surface area contributed by atoms with Crippen molar-refractivity contribution in [3.63, 3.8) is 0 Å². The first-order chi connectivity index (χ1) is 10.3. The van der Waals surface area contributed by atoms with Crippen LogP contribution in [0.2, 0.25) is 0 Å². The van der Waals surface area contributed by atoms with Crippen molar-refractivity contribution >= 4 is 5.69 Å². The van der Waals surface area contributed by atoms with E-state index in [9.17, 15) is 0 Å². The molecule has 0 aromatic heterocycles. The van der Waals surface area contributed by atoms with E-state index >= 15 is 0 Å².